The highest BCUT2D eigenvalue weighted by atomic mass is 19.1. The third-order valence-corrected chi connectivity index (χ3v) is 1.68. The maximum Gasteiger partial charge on any atom is 0.335 e. The minimum Gasteiger partial charge on any atom is -0.489 e. The fraction of sp³-hybridized carbons (Fsp3) is 0.300. The van der Waals surface area contributed by atoms with Gasteiger partial charge in [-0.15, -0.1) is 0 Å². The van der Waals surface area contributed by atoms with Crippen LogP contribution in [0.1, 0.15) is 17.3 Å². The number of benzene rings is 1. The van der Waals surface area contributed by atoms with E-state index >= 15 is 0 Å². The van der Waals surface area contributed by atoms with Gasteiger partial charge in [-0.25, -0.2) is 9.18 Å². The molecule has 0 radical (unpaired) electrons. The molecule has 0 fully saturated rings. The molecule has 1 unspecified atom stereocenters. The largest absolute Gasteiger partial charge is 0.489 e. The van der Waals surface area contributed by atoms with Crippen LogP contribution in [0.2, 0.25) is 0 Å². The number of hydrogen-bond donors (Lipinski definition) is 2. The Balaban J connectivity index is 2.79. The molecule has 0 bridgehead atoms. The maximum atomic E-state index is 13.2. The van der Waals surface area contributed by atoms with Gasteiger partial charge in [0.1, 0.15) is 6.61 Å². The molecule has 5 heteroatoms. The van der Waals surface area contributed by atoms with E-state index in [0.29, 0.717) is 0 Å². The molecule has 0 aromatic heterocycles. The maximum absolute atomic E-state index is 13.2. The van der Waals surface area contributed by atoms with Crippen molar-refractivity contribution < 1.29 is 19.0 Å². The van der Waals surface area contributed by atoms with E-state index in [1.807, 2.05) is 0 Å². The van der Waals surface area contributed by atoms with E-state index in [-0.39, 0.29) is 24.0 Å². The molecule has 0 saturated heterocycles. The number of aromatic carboxylic acids is 1. The van der Waals surface area contributed by atoms with Gasteiger partial charge in [-0.1, -0.05) is 0 Å². The van der Waals surface area contributed by atoms with E-state index in [0.717, 1.165) is 6.07 Å². The van der Waals surface area contributed by atoms with Crippen molar-refractivity contribution in [3.8, 4) is 5.75 Å². The number of carboxylic acids is 1. The Hall–Kier alpha value is -1.62. The molecule has 0 saturated carbocycles. The molecule has 1 aromatic carbocycles. The zero-order valence-electron chi connectivity index (χ0n) is 8.24. The van der Waals surface area contributed by atoms with Crippen LogP contribution in [0.5, 0.6) is 5.75 Å². The number of carboxylic acid groups (broad SMARTS) is 1. The lowest BCUT2D eigenvalue weighted by molar-refractivity contribution is 0.0696. The second-order valence-electron chi connectivity index (χ2n) is 3.24. The van der Waals surface area contributed by atoms with Gasteiger partial charge in [0.15, 0.2) is 11.6 Å². The van der Waals surface area contributed by atoms with Crippen molar-refractivity contribution in [2.24, 2.45) is 5.73 Å². The monoisotopic (exact) mass is 213 g/mol. The van der Waals surface area contributed by atoms with Crippen LogP contribution in [0.15, 0.2) is 18.2 Å². The molecule has 1 atom stereocenters. The number of hydrogen-bond acceptors (Lipinski definition) is 3. The Kier molecular flexibility index (Phi) is 3.62. The van der Waals surface area contributed by atoms with Crippen LogP contribution in [0, 0.1) is 5.82 Å². The lowest BCUT2D eigenvalue weighted by atomic mass is 10.2. The van der Waals surface area contributed by atoms with Gasteiger partial charge in [-0.2, -0.15) is 0 Å². The molecular weight excluding hydrogens is 201 g/mol. The predicted octanol–water partition coefficient (Wildman–Crippen LogP) is 1.25. The third kappa shape index (κ3) is 3.21. The highest BCUT2D eigenvalue weighted by Crippen LogP contribution is 2.18. The first-order valence-electron chi connectivity index (χ1n) is 4.42. The van der Waals surface area contributed by atoms with Crippen LogP contribution in [-0.4, -0.2) is 23.7 Å². The fourth-order valence-corrected chi connectivity index (χ4v) is 0.972. The zero-order chi connectivity index (χ0) is 11.4. The minimum atomic E-state index is -1.17. The van der Waals surface area contributed by atoms with Gasteiger partial charge in [0.25, 0.3) is 0 Å². The molecule has 0 aliphatic rings. The van der Waals surface area contributed by atoms with Crippen LogP contribution in [0.25, 0.3) is 0 Å². The van der Waals surface area contributed by atoms with E-state index < -0.39 is 11.8 Å². The SMILES string of the molecule is CC(N)COc1ccc(C(=O)O)cc1F. The highest BCUT2D eigenvalue weighted by molar-refractivity contribution is 5.87. The molecule has 82 valence electrons. The Morgan fingerprint density at radius 1 is 1.67 bits per heavy atom. The highest BCUT2D eigenvalue weighted by Gasteiger charge is 2.09. The van der Waals surface area contributed by atoms with E-state index in [4.69, 9.17) is 15.6 Å². The smallest absolute Gasteiger partial charge is 0.335 e. The molecule has 0 amide bonds. The van der Waals surface area contributed by atoms with Crippen molar-refractivity contribution in [1.82, 2.24) is 0 Å². The number of rotatable bonds is 4. The van der Waals surface area contributed by atoms with E-state index in [2.05, 4.69) is 0 Å². The van der Waals surface area contributed by atoms with E-state index in [1.54, 1.807) is 6.92 Å². The second-order valence-corrected chi connectivity index (χ2v) is 3.24. The lowest BCUT2D eigenvalue weighted by Crippen LogP contribution is -2.23. The minimum absolute atomic E-state index is 0.0114. The first-order chi connectivity index (χ1) is 7.00. The number of nitrogens with two attached hydrogens (primary N) is 1. The summed E-state index contributed by atoms with van der Waals surface area (Å²) in [6.45, 7) is 1.91. The predicted molar refractivity (Wildman–Crippen MR) is 52.5 cm³/mol. The number of carbonyl (C=O) groups is 1. The van der Waals surface area contributed by atoms with Gasteiger partial charge < -0.3 is 15.6 Å². The molecule has 15 heavy (non-hydrogen) atoms. The summed E-state index contributed by atoms with van der Waals surface area (Å²) in [6, 6.07) is 3.27. The van der Waals surface area contributed by atoms with Crippen LogP contribution in [0.4, 0.5) is 4.39 Å². The number of halogens is 1. The van der Waals surface area contributed by atoms with Crippen molar-refractivity contribution in [2.45, 2.75) is 13.0 Å². The standard InChI is InChI=1S/C10H12FNO3/c1-6(12)5-15-9-3-2-7(10(13)14)4-8(9)11/h2-4,6H,5,12H2,1H3,(H,13,14). The summed E-state index contributed by atoms with van der Waals surface area (Å²) in [7, 11) is 0. The molecule has 0 aliphatic heterocycles. The van der Waals surface area contributed by atoms with Gasteiger partial charge in [0.05, 0.1) is 5.56 Å². The van der Waals surface area contributed by atoms with Crippen molar-refractivity contribution in [1.29, 1.82) is 0 Å². The molecule has 4 nitrogen and oxygen atoms in total. The fourth-order valence-electron chi connectivity index (χ4n) is 0.972. The summed E-state index contributed by atoms with van der Waals surface area (Å²) < 4.78 is 18.3. The van der Waals surface area contributed by atoms with E-state index in [1.165, 1.54) is 12.1 Å². The first-order valence-corrected chi connectivity index (χ1v) is 4.42. The van der Waals surface area contributed by atoms with Gasteiger partial charge in [-0.3, -0.25) is 0 Å². The van der Waals surface area contributed by atoms with Crippen LogP contribution in [0.3, 0.4) is 0 Å². The summed E-state index contributed by atoms with van der Waals surface area (Å²) in [5.74, 6) is -1.86. The summed E-state index contributed by atoms with van der Waals surface area (Å²) >= 11 is 0. The Morgan fingerprint density at radius 2 is 2.33 bits per heavy atom. The summed E-state index contributed by atoms with van der Waals surface area (Å²) in [5.41, 5.74) is 5.32. The lowest BCUT2D eigenvalue weighted by Gasteiger charge is -2.09. The van der Waals surface area contributed by atoms with E-state index in [9.17, 15) is 9.18 Å². The topological polar surface area (TPSA) is 72.5 Å². The molecular formula is C10H12FNO3. The van der Waals surface area contributed by atoms with Crippen LogP contribution >= 0.6 is 0 Å². The van der Waals surface area contributed by atoms with Gasteiger partial charge in [-0.05, 0) is 25.1 Å². The summed E-state index contributed by atoms with van der Waals surface area (Å²) in [4.78, 5) is 10.5. The molecule has 0 heterocycles. The molecule has 0 aliphatic carbocycles. The number of ether oxygens (including phenoxy) is 1. The quantitative estimate of drug-likeness (QED) is 0.789. The third-order valence-electron chi connectivity index (χ3n) is 1.68. The Labute approximate surface area is 86.5 Å². The molecule has 0 spiro atoms. The Bertz CT molecular complexity index is 366. The average Bonchev–Trinajstić information content (AvgIpc) is 2.15. The van der Waals surface area contributed by atoms with Crippen LogP contribution < -0.4 is 10.5 Å². The van der Waals surface area contributed by atoms with Crippen molar-refractivity contribution >= 4 is 5.97 Å². The average molecular weight is 213 g/mol. The molecule has 1 aromatic rings. The van der Waals surface area contributed by atoms with Crippen molar-refractivity contribution in [2.75, 3.05) is 6.61 Å². The van der Waals surface area contributed by atoms with Gasteiger partial charge in [0.2, 0.25) is 0 Å². The summed E-state index contributed by atoms with van der Waals surface area (Å²) in [5, 5.41) is 8.59. The Morgan fingerprint density at radius 3 is 2.80 bits per heavy atom. The normalized spacial score (nSPS) is 12.2. The van der Waals surface area contributed by atoms with Crippen molar-refractivity contribution in [3.63, 3.8) is 0 Å². The second kappa shape index (κ2) is 4.75. The molecule has 1 rings (SSSR count). The zero-order valence-corrected chi connectivity index (χ0v) is 8.24. The molecule has 3 N–H and O–H groups in total. The summed E-state index contributed by atoms with van der Waals surface area (Å²) in [6.07, 6.45) is 0. The van der Waals surface area contributed by atoms with Gasteiger partial charge >= 0.3 is 5.97 Å². The van der Waals surface area contributed by atoms with Gasteiger partial charge in [0, 0.05) is 6.04 Å². The van der Waals surface area contributed by atoms with Crippen LogP contribution in [-0.2, 0) is 0 Å². The van der Waals surface area contributed by atoms with Crippen molar-refractivity contribution in [3.05, 3.63) is 29.6 Å². The first kappa shape index (κ1) is 11.5.